The number of ether oxygens (including phenoxy) is 2. The standard InChI is InChI=1S/C13H22N2O3S/c1-3-5-7-17-8-6-14-13-15-11(10-19-13)9-12(16)18-4-2/h10H,3-9H2,1-2H3,(H,14,15). The first-order chi connectivity index (χ1) is 9.26. The molecule has 108 valence electrons. The van der Waals surface area contributed by atoms with Crippen molar-refractivity contribution in [3.63, 3.8) is 0 Å². The Morgan fingerprint density at radius 3 is 3.00 bits per heavy atom. The summed E-state index contributed by atoms with van der Waals surface area (Å²) in [7, 11) is 0. The Hall–Kier alpha value is -1.14. The lowest BCUT2D eigenvalue weighted by Gasteiger charge is -2.03. The number of carbonyl (C=O) groups is 1. The fourth-order valence-electron chi connectivity index (χ4n) is 1.41. The number of rotatable bonds is 10. The molecule has 1 rings (SSSR count). The molecule has 0 aliphatic heterocycles. The SMILES string of the molecule is CCCCOCCNc1nc(CC(=O)OCC)cs1. The van der Waals surface area contributed by atoms with E-state index in [0.717, 1.165) is 36.8 Å². The van der Waals surface area contributed by atoms with Crippen LogP contribution >= 0.6 is 11.3 Å². The lowest BCUT2D eigenvalue weighted by atomic mass is 10.3. The molecule has 0 spiro atoms. The zero-order valence-corrected chi connectivity index (χ0v) is 12.4. The quantitative estimate of drug-likeness (QED) is 0.529. The fraction of sp³-hybridized carbons (Fsp3) is 0.692. The van der Waals surface area contributed by atoms with Crippen molar-refractivity contribution in [3.8, 4) is 0 Å². The number of carbonyl (C=O) groups excluding carboxylic acids is 1. The third-order valence-corrected chi connectivity index (χ3v) is 3.20. The average Bonchev–Trinajstić information content (AvgIpc) is 2.81. The highest BCUT2D eigenvalue weighted by Gasteiger charge is 2.07. The molecule has 1 heterocycles. The van der Waals surface area contributed by atoms with Crippen molar-refractivity contribution in [1.29, 1.82) is 0 Å². The Bertz CT molecular complexity index is 369. The summed E-state index contributed by atoms with van der Waals surface area (Å²) in [6.07, 6.45) is 2.48. The van der Waals surface area contributed by atoms with Gasteiger partial charge in [0.05, 0.1) is 25.3 Å². The van der Waals surface area contributed by atoms with E-state index in [1.165, 1.54) is 11.3 Å². The van der Waals surface area contributed by atoms with E-state index in [4.69, 9.17) is 9.47 Å². The molecule has 0 saturated carbocycles. The van der Waals surface area contributed by atoms with Crippen LogP contribution in [0.5, 0.6) is 0 Å². The maximum atomic E-state index is 11.3. The lowest BCUT2D eigenvalue weighted by Crippen LogP contribution is -2.10. The molecule has 0 atom stereocenters. The molecule has 1 aromatic rings. The number of nitrogens with one attached hydrogen (secondary N) is 1. The van der Waals surface area contributed by atoms with Crippen LogP contribution in [0.2, 0.25) is 0 Å². The minimum atomic E-state index is -0.234. The number of unbranched alkanes of at least 4 members (excludes halogenated alkanes) is 1. The minimum Gasteiger partial charge on any atom is -0.466 e. The summed E-state index contributed by atoms with van der Waals surface area (Å²) in [5.74, 6) is -0.234. The largest absolute Gasteiger partial charge is 0.466 e. The van der Waals surface area contributed by atoms with Crippen molar-refractivity contribution in [2.75, 3.05) is 31.7 Å². The van der Waals surface area contributed by atoms with Crippen LogP contribution in [0.25, 0.3) is 0 Å². The van der Waals surface area contributed by atoms with Gasteiger partial charge in [-0.1, -0.05) is 13.3 Å². The second kappa shape index (κ2) is 9.75. The van der Waals surface area contributed by atoms with E-state index in [-0.39, 0.29) is 12.4 Å². The Morgan fingerprint density at radius 2 is 2.26 bits per heavy atom. The third-order valence-electron chi connectivity index (χ3n) is 2.35. The van der Waals surface area contributed by atoms with Crippen LogP contribution in [0.15, 0.2) is 5.38 Å². The second-order valence-corrected chi connectivity index (χ2v) is 4.88. The van der Waals surface area contributed by atoms with Gasteiger partial charge in [-0.15, -0.1) is 11.3 Å². The predicted molar refractivity (Wildman–Crippen MR) is 76.7 cm³/mol. The molecule has 0 saturated heterocycles. The highest BCUT2D eigenvalue weighted by atomic mass is 32.1. The summed E-state index contributed by atoms with van der Waals surface area (Å²) in [6.45, 7) is 6.56. The molecule has 5 nitrogen and oxygen atoms in total. The number of thiazole rings is 1. The van der Waals surface area contributed by atoms with Crippen LogP contribution in [-0.2, 0) is 20.7 Å². The highest BCUT2D eigenvalue weighted by molar-refractivity contribution is 7.13. The summed E-state index contributed by atoms with van der Waals surface area (Å²) in [6, 6.07) is 0. The summed E-state index contributed by atoms with van der Waals surface area (Å²) in [5.41, 5.74) is 0.748. The molecule has 0 aromatic carbocycles. The van der Waals surface area contributed by atoms with E-state index in [9.17, 15) is 4.79 Å². The van der Waals surface area contributed by atoms with E-state index in [2.05, 4.69) is 17.2 Å². The maximum absolute atomic E-state index is 11.3. The van der Waals surface area contributed by atoms with Crippen molar-refractivity contribution < 1.29 is 14.3 Å². The topological polar surface area (TPSA) is 60.5 Å². The van der Waals surface area contributed by atoms with Gasteiger partial charge in [-0.3, -0.25) is 4.79 Å². The van der Waals surface area contributed by atoms with E-state index >= 15 is 0 Å². The van der Waals surface area contributed by atoms with Gasteiger partial charge >= 0.3 is 5.97 Å². The van der Waals surface area contributed by atoms with Crippen LogP contribution < -0.4 is 5.32 Å². The molecule has 0 radical (unpaired) electrons. The maximum Gasteiger partial charge on any atom is 0.311 e. The van der Waals surface area contributed by atoms with E-state index in [1.807, 2.05) is 5.38 Å². The van der Waals surface area contributed by atoms with Gasteiger partial charge in [0.25, 0.3) is 0 Å². The van der Waals surface area contributed by atoms with Gasteiger partial charge in [0.2, 0.25) is 0 Å². The first kappa shape index (κ1) is 15.9. The van der Waals surface area contributed by atoms with Gasteiger partial charge in [-0.05, 0) is 13.3 Å². The third kappa shape index (κ3) is 7.12. The lowest BCUT2D eigenvalue weighted by molar-refractivity contribution is -0.142. The van der Waals surface area contributed by atoms with Crippen LogP contribution in [0.3, 0.4) is 0 Å². The Kier molecular flexibility index (Phi) is 8.16. The van der Waals surface area contributed by atoms with Crippen molar-refractivity contribution in [2.24, 2.45) is 0 Å². The number of esters is 1. The molecule has 0 bridgehead atoms. The van der Waals surface area contributed by atoms with E-state index < -0.39 is 0 Å². The molecule has 0 unspecified atom stereocenters. The first-order valence-corrected chi connectivity index (χ1v) is 7.55. The Labute approximate surface area is 118 Å². The molecule has 1 N–H and O–H groups in total. The Balaban J connectivity index is 2.18. The first-order valence-electron chi connectivity index (χ1n) is 6.67. The number of anilines is 1. The van der Waals surface area contributed by atoms with Crippen molar-refractivity contribution >= 4 is 22.4 Å². The number of hydrogen-bond donors (Lipinski definition) is 1. The van der Waals surface area contributed by atoms with Crippen LogP contribution in [0, 0.1) is 0 Å². The van der Waals surface area contributed by atoms with Gasteiger partial charge in [0, 0.05) is 18.5 Å². The van der Waals surface area contributed by atoms with Crippen LogP contribution in [0.4, 0.5) is 5.13 Å². The monoisotopic (exact) mass is 286 g/mol. The number of aromatic nitrogens is 1. The van der Waals surface area contributed by atoms with Gasteiger partial charge in [0.1, 0.15) is 0 Å². The molecule has 0 aliphatic rings. The summed E-state index contributed by atoms with van der Waals surface area (Å²) >= 11 is 1.49. The smallest absolute Gasteiger partial charge is 0.311 e. The zero-order chi connectivity index (χ0) is 13.9. The van der Waals surface area contributed by atoms with Crippen molar-refractivity contribution in [3.05, 3.63) is 11.1 Å². The summed E-state index contributed by atoms with van der Waals surface area (Å²) < 4.78 is 10.3. The van der Waals surface area contributed by atoms with Gasteiger partial charge in [0.15, 0.2) is 5.13 Å². The van der Waals surface area contributed by atoms with E-state index in [1.54, 1.807) is 6.92 Å². The fourth-order valence-corrected chi connectivity index (χ4v) is 2.15. The van der Waals surface area contributed by atoms with Crippen molar-refractivity contribution in [1.82, 2.24) is 4.98 Å². The van der Waals surface area contributed by atoms with Gasteiger partial charge < -0.3 is 14.8 Å². The molecular formula is C13H22N2O3S. The molecule has 0 amide bonds. The normalized spacial score (nSPS) is 10.4. The molecule has 0 aliphatic carbocycles. The zero-order valence-electron chi connectivity index (χ0n) is 11.6. The van der Waals surface area contributed by atoms with Crippen LogP contribution in [-0.4, -0.2) is 37.3 Å². The Morgan fingerprint density at radius 1 is 1.42 bits per heavy atom. The minimum absolute atomic E-state index is 0.234. The molecule has 6 heteroatoms. The van der Waals surface area contributed by atoms with Crippen molar-refractivity contribution in [2.45, 2.75) is 33.1 Å². The summed E-state index contributed by atoms with van der Waals surface area (Å²) in [4.78, 5) is 15.6. The number of nitrogens with zero attached hydrogens (tertiary/aromatic N) is 1. The number of hydrogen-bond acceptors (Lipinski definition) is 6. The molecule has 1 aromatic heterocycles. The highest BCUT2D eigenvalue weighted by Crippen LogP contribution is 2.15. The molecular weight excluding hydrogens is 264 g/mol. The van der Waals surface area contributed by atoms with Gasteiger partial charge in [-0.2, -0.15) is 0 Å². The van der Waals surface area contributed by atoms with E-state index in [0.29, 0.717) is 13.2 Å². The average molecular weight is 286 g/mol. The molecule has 0 fully saturated rings. The van der Waals surface area contributed by atoms with Crippen LogP contribution in [0.1, 0.15) is 32.4 Å². The summed E-state index contributed by atoms with van der Waals surface area (Å²) in [5, 5.41) is 5.87. The second-order valence-electron chi connectivity index (χ2n) is 4.02. The predicted octanol–water partition coefficient (Wildman–Crippen LogP) is 2.48. The van der Waals surface area contributed by atoms with Gasteiger partial charge in [-0.25, -0.2) is 4.98 Å². The molecule has 19 heavy (non-hydrogen) atoms.